The van der Waals surface area contributed by atoms with Gasteiger partial charge in [-0.2, -0.15) is 0 Å². The van der Waals surface area contributed by atoms with Crippen molar-refractivity contribution in [1.82, 2.24) is 10.3 Å². The predicted molar refractivity (Wildman–Crippen MR) is 66.2 cm³/mol. The van der Waals surface area contributed by atoms with Crippen LogP contribution in [-0.4, -0.2) is 11.5 Å². The van der Waals surface area contributed by atoms with Crippen LogP contribution in [0.3, 0.4) is 0 Å². The molecule has 2 rings (SSSR count). The van der Waals surface area contributed by atoms with E-state index in [1.807, 2.05) is 24.3 Å². The third-order valence-electron chi connectivity index (χ3n) is 2.55. The molecule has 0 aromatic carbocycles. The van der Waals surface area contributed by atoms with Crippen molar-refractivity contribution in [3.63, 3.8) is 0 Å². The van der Waals surface area contributed by atoms with Gasteiger partial charge in [-0.15, -0.1) is 0 Å². The molecular weight excluding hydrogens is 214 g/mol. The molecule has 0 aliphatic heterocycles. The molecule has 17 heavy (non-hydrogen) atoms. The topological polar surface area (TPSA) is 64.1 Å². The molecule has 0 spiro atoms. The molecule has 0 amide bonds. The van der Waals surface area contributed by atoms with Crippen molar-refractivity contribution in [1.29, 1.82) is 0 Å². The van der Waals surface area contributed by atoms with Crippen molar-refractivity contribution >= 4 is 0 Å². The minimum Gasteiger partial charge on any atom is -0.469 e. The highest BCUT2D eigenvalue weighted by molar-refractivity contribution is 5.16. The van der Waals surface area contributed by atoms with E-state index in [4.69, 9.17) is 10.2 Å². The molecule has 0 saturated carbocycles. The van der Waals surface area contributed by atoms with Gasteiger partial charge in [0.2, 0.25) is 0 Å². The van der Waals surface area contributed by atoms with Gasteiger partial charge >= 0.3 is 0 Å². The van der Waals surface area contributed by atoms with Crippen LogP contribution in [0, 0.1) is 0 Å². The highest BCUT2D eigenvalue weighted by Gasteiger charge is 1.97. The normalized spacial score (nSPS) is 10.6. The van der Waals surface area contributed by atoms with Crippen molar-refractivity contribution in [2.24, 2.45) is 5.73 Å². The van der Waals surface area contributed by atoms with E-state index in [9.17, 15) is 0 Å². The van der Waals surface area contributed by atoms with Gasteiger partial charge < -0.3 is 15.5 Å². The zero-order valence-electron chi connectivity index (χ0n) is 9.73. The molecule has 3 N–H and O–H groups in total. The van der Waals surface area contributed by atoms with E-state index in [0.717, 1.165) is 31.0 Å². The Morgan fingerprint density at radius 1 is 1.35 bits per heavy atom. The number of furan rings is 1. The van der Waals surface area contributed by atoms with E-state index in [1.54, 1.807) is 12.5 Å². The van der Waals surface area contributed by atoms with Gasteiger partial charge in [-0.25, -0.2) is 0 Å². The van der Waals surface area contributed by atoms with Gasteiger partial charge in [0.1, 0.15) is 5.76 Å². The van der Waals surface area contributed by atoms with Crippen LogP contribution in [-0.2, 0) is 19.5 Å². The summed E-state index contributed by atoms with van der Waals surface area (Å²) in [6, 6.07) is 7.92. The molecule has 0 bridgehead atoms. The molecule has 0 unspecified atom stereocenters. The average molecular weight is 231 g/mol. The van der Waals surface area contributed by atoms with E-state index >= 15 is 0 Å². The molecule has 2 aromatic heterocycles. The fourth-order valence-electron chi connectivity index (χ4n) is 1.65. The van der Waals surface area contributed by atoms with Crippen molar-refractivity contribution in [2.45, 2.75) is 19.5 Å². The summed E-state index contributed by atoms with van der Waals surface area (Å²) in [5, 5.41) is 3.36. The van der Waals surface area contributed by atoms with Crippen molar-refractivity contribution in [2.75, 3.05) is 6.54 Å². The third-order valence-corrected chi connectivity index (χ3v) is 2.55. The molecule has 90 valence electrons. The number of nitrogens with one attached hydrogen (secondary N) is 1. The smallest absolute Gasteiger partial charge is 0.105 e. The summed E-state index contributed by atoms with van der Waals surface area (Å²) in [5.74, 6) is 1.01. The first-order valence-corrected chi connectivity index (χ1v) is 5.75. The quantitative estimate of drug-likeness (QED) is 0.739. The van der Waals surface area contributed by atoms with Crippen molar-refractivity contribution in [3.05, 3.63) is 53.7 Å². The number of hydrogen-bond donors (Lipinski definition) is 2. The monoisotopic (exact) mass is 231 g/mol. The molecule has 0 saturated heterocycles. The van der Waals surface area contributed by atoms with E-state index < -0.39 is 0 Å². The second-order valence-corrected chi connectivity index (χ2v) is 3.87. The number of rotatable bonds is 6. The molecule has 0 atom stereocenters. The summed E-state index contributed by atoms with van der Waals surface area (Å²) in [5.41, 5.74) is 7.68. The second-order valence-electron chi connectivity index (χ2n) is 3.87. The summed E-state index contributed by atoms with van der Waals surface area (Å²) < 4.78 is 5.26. The van der Waals surface area contributed by atoms with Gasteiger partial charge in [0, 0.05) is 32.3 Å². The first-order valence-electron chi connectivity index (χ1n) is 5.75. The molecule has 2 aromatic rings. The van der Waals surface area contributed by atoms with E-state index in [-0.39, 0.29) is 0 Å². The van der Waals surface area contributed by atoms with Crippen molar-refractivity contribution < 1.29 is 4.42 Å². The second kappa shape index (κ2) is 6.18. The zero-order valence-corrected chi connectivity index (χ0v) is 9.73. The lowest BCUT2D eigenvalue weighted by Crippen LogP contribution is -2.16. The molecule has 0 aliphatic carbocycles. The Morgan fingerprint density at radius 3 is 3.06 bits per heavy atom. The Morgan fingerprint density at radius 2 is 2.29 bits per heavy atom. The lowest BCUT2D eigenvalue weighted by molar-refractivity contribution is 0.499. The number of hydrogen-bond acceptors (Lipinski definition) is 4. The van der Waals surface area contributed by atoms with Gasteiger partial charge in [-0.05, 0) is 29.8 Å². The van der Waals surface area contributed by atoms with Gasteiger partial charge in [0.05, 0.1) is 12.0 Å². The van der Waals surface area contributed by atoms with Crippen LogP contribution in [0.2, 0.25) is 0 Å². The van der Waals surface area contributed by atoms with Crippen LogP contribution < -0.4 is 11.1 Å². The van der Waals surface area contributed by atoms with Crippen LogP contribution in [0.25, 0.3) is 0 Å². The molecule has 0 radical (unpaired) electrons. The molecule has 0 fully saturated rings. The van der Waals surface area contributed by atoms with E-state index in [0.29, 0.717) is 6.54 Å². The number of nitrogens with two attached hydrogens (primary N) is 1. The maximum Gasteiger partial charge on any atom is 0.105 e. The Balaban J connectivity index is 1.74. The zero-order chi connectivity index (χ0) is 11.9. The summed E-state index contributed by atoms with van der Waals surface area (Å²) in [6.07, 6.45) is 4.40. The lowest BCUT2D eigenvalue weighted by atomic mass is 10.2. The predicted octanol–water partition coefficient (Wildman–Crippen LogP) is 1.47. The Labute approximate surface area is 101 Å². The highest BCUT2D eigenvalue weighted by atomic mass is 16.3. The number of nitrogens with zero attached hydrogens (tertiary/aromatic N) is 1. The molecule has 0 aliphatic rings. The summed E-state index contributed by atoms with van der Waals surface area (Å²) in [6.45, 7) is 2.21. The van der Waals surface area contributed by atoms with Crippen LogP contribution in [0.4, 0.5) is 0 Å². The minimum absolute atomic E-state index is 0.486. The molecule has 4 heteroatoms. The van der Waals surface area contributed by atoms with E-state index in [1.165, 1.54) is 5.56 Å². The fraction of sp³-hybridized carbons (Fsp3) is 0.308. The summed E-state index contributed by atoms with van der Waals surface area (Å²) in [7, 11) is 0. The van der Waals surface area contributed by atoms with Gasteiger partial charge in [0.25, 0.3) is 0 Å². The summed E-state index contributed by atoms with van der Waals surface area (Å²) >= 11 is 0. The summed E-state index contributed by atoms with van der Waals surface area (Å²) in [4.78, 5) is 4.16. The number of aromatic nitrogens is 1. The van der Waals surface area contributed by atoms with E-state index in [2.05, 4.69) is 10.3 Å². The third kappa shape index (κ3) is 3.69. The van der Waals surface area contributed by atoms with Crippen LogP contribution in [0.5, 0.6) is 0 Å². The average Bonchev–Trinajstić information content (AvgIpc) is 2.88. The molecule has 4 nitrogen and oxygen atoms in total. The van der Waals surface area contributed by atoms with Gasteiger partial charge in [-0.1, -0.05) is 0 Å². The Hall–Kier alpha value is -1.65. The first kappa shape index (κ1) is 11.8. The largest absolute Gasteiger partial charge is 0.469 e. The Kier molecular flexibility index (Phi) is 4.30. The van der Waals surface area contributed by atoms with Crippen LogP contribution in [0.1, 0.15) is 17.0 Å². The first-order chi connectivity index (χ1) is 8.38. The van der Waals surface area contributed by atoms with Crippen molar-refractivity contribution in [3.8, 4) is 0 Å². The Bertz CT molecular complexity index is 440. The number of pyridine rings is 1. The van der Waals surface area contributed by atoms with Crippen LogP contribution in [0.15, 0.2) is 41.1 Å². The SMILES string of the molecule is NCc1cc(CNCCc2ccco2)ccn1. The standard InChI is InChI=1S/C13H17N3O/c14-9-12-8-11(3-6-16-12)10-15-5-4-13-2-1-7-17-13/h1-3,6-8,15H,4-5,9-10,14H2. The van der Waals surface area contributed by atoms with Gasteiger partial charge in [0.15, 0.2) is 0 Å². The minimum atomic E-state index is 0.486. The fourth-order valence-corrected chi connectivity index (χ4v) is 1.65. The maximum atomic E-state index is 5.54. The van der Waals surface area contributed by atoms with Gasteiger partial charge in [-0.3, -0.25) is 4.98 Å². The molecular formula is C13H17N3O. The molecule has 2 heterocycles. The van der Waals surface area contributed by atoms with Crippen LogP contribution >= 0.6 is 0 Å². The highest BCUT2D eigenvalue weighted by Crippen LogP contribution is 2.02. The maximum absolute atomic E-state index is 5.54. The lowest BCUT2D eigenvalue weighted by Gasteiger charge is -2.05.